The highest BCUT2D eigenvalue weighted by molar-refractivity contribution is 7.08. The molecule has 18 heavy (non-hydrogen) atoms. The van der Waals surface area contributed by atoms with Crippen molar-refractivity contribution in [2.24, 2.45) is 5.92 Å². The lowest BCUT2D eigenvalue weighted by Crippen LogP contribution is -2.39. The first-order chi connectivity index (χ1) is 8.47. The van der Waals surface area contributed by atoms with Crippen molar-refractivity contribution in [2.75, 3.05) is 6.61 Å². The van der Waals surface area contributed by atoms with Crippen molar-refractivity contribution in [2.45, 2.75) is 46.1 Å². The van der Waals surface area contributed by atoms with Crippen LogP contribution >= 0.6 is 11.5 Å². The summed E-state index contributed by atoms with van der Waals surface area (Å²) >= 11 is 1.12. The summed E-state index contributed by atoms with van der Waals surface area (Å²) in [4.78, 5) is 12.7. The molecule has 0 spiro atoms. The number of aliphatic hydroxyl groups is 1. The lowest BCUT2D eigenvalue weighted by Gasteiger charge is -2.21. The zero-order valence-electron chi connectivity index (χ0n) is 11.3. The summed E-state index contributed by atoms with van der Waals surface area (Å²) in [5.74, 6) is 0.324. The van der Waals surface area contributed by atoms with E-state index in [0.29, 0.717) is 11.3 Å². The maximum absolute atomic E-state index is 12.2. The quantitative estimate of drug-likeness (QED) is 0.827. The topological polar surface area (TPSA) is 75.1 Å². The van der Waals surface area contributed by atoms with Gasteiger partial charge in [-0.2, -0.15) is 0 Å². The largest absolute Gasteiger partial charge is 0.396 e. The van der Waals surface area contributed by atoms with Crippen molar-refractivity contribution < 1.29 is 9.90 Å². The van der Waals surface area contributed by atoms with Crippen LogP contribution in [0.3, 0.4) is 0 Å². The SMILES string of the molecule is CC(C)c1nnsc1C(=O)NC(CCO)C(C)C. The zero-order valence-corrected chi connectivity index (χ0v) is 12.1. The Morgan fingerprint density at radius 3 is 2.56 bits per heavy atom. The Labute approximate surface area is 112 Å². The van der Waals surface area contributed by atoms with E-state index in [1.807, 2.05) is 27.7 Å². The van der Waals surface area contributed by atoms with Crippen molar-refractivity contribution in [1.29, 1.82) is 0 Å². The highest BCUT2D eigenvalue weighted by Crippen LogP contribution is 2.20. The predicted molar refractivity (Wildman–Crippen MR) is 71.8 cm³/mol. The average molecular weight is 271 g/mol. The molecule has 1 unspecified atom stereocenters. The van der Waals surface area contributed by atoms with Crippen LogP contribution in [0.15, 0.2) is 0 Å². The summed E-state index contributed by atoms with van der Waals surface area (Å²) in [5.41, 5.74) is 0.740. The molecule has 1 atom stereocenters. The lowest BCUT2D eigenvalue weighted by molar-refractivity contribution is 0.0919. The summed E-state index contributed by atoms with van der Waals surface area (Å²) in [6.07, 6.45) is 0.562. The number of rotatable bonds is 6. The van der Waals surface area contributed by atoms with Crippen LogP contribution < -0.4 is 5.32 Å². The number of aliphatic hydroxyl groups excluding tert-OH is 1. The molecule has 0 aliphatic carbocycles. The van der Waals surface area contributed by atoms with Gasteiger partial charge in [0.15, 0.2) is 0 Å². The molecule has 0 aliphatic rings. The van der Waals surface area contributed by atoms with Gasteiger partial charge in [0.25, 0.3) is 5.91 Å². The van der Waals surface area contributed by atoms with E-state index in [-0.39, 0.29) is 30.4 Å². The third kappa shape index (κ3) is 3.74. The molecule has 6 heteroatoms. The Hall–Kier alpha value is -1.01. The van der Waals surface area contributed by atoms with E-state index in [0.717, 1.165) is 17.2 Å². The van der Waals surface area contributed by atoms with Gasteiger partial charge in [-0.05, 0) is 29.8 Å². The standard InChI is InChI=1S/C12H21N3O2S/c1-7(2)9(5-6-16)13-12(17)11-10(8(3)4)14-15-18-11/h7-9,16H,5-6H2,1-4H3,(H,13,17). The summed E-state index contributed by atoms with van der Waals surface area (Å²) in [5, 5.41) is 15.9. The normalized spacial score (nSPS) is 13.1. The lowest BCUT2D eigenvalue weighted by atomic mass is 10.0. The molecule has 102 valence electrons. The van der Waals surface area contributed by atoms with Gasteiger partial charge in [-0.3, -0.25) is 4.79 Å². The zero-order chi connectivity index (χ0) is 13.7. The van der Waals surface area contributed by atoms with Gasteiger partial charge in [0, 0.05) is 12.6 Å². The van der Waals surface area contributed by atoms with Gasteiger partial charge in [0.05, 0.1) is 5.69 Å². The van der Waals surface area contributed by atoms with E-state index in [4.69, 9.17) is 5.11 Å². The van der Waals surface area contributed by atoms with Gasteiger partial charge in [-0.15, -0.1) is 5.10 Å². The highest BCUT2D eigenvalue weighted by Gasteiger charge is 2.22. The van der Waals surface area contributed by atoms with Crippen molar-refractivity contribution >= 4 is 17.4 Å². The maximum atomic E-state index is 12.2. The molecule has 1 aromatic rings. The molecule has 0 aliphatic heterocycles. The smallest absolute Gasteiger partial charge is 0.265 e. The molecule has 0 radical (unpaired) electrons. The van der Waals surface area contributed by atoms with E-state index in [2.05, 4.69) is 14.9 Å². The molecule has 2 N–H and O–H groups in total. The number of hydrogen-bond donors (Lipinski definition) is 2. The van der Waals surface area contributed by atoms with Gasteiger partial charge in [0.2, 0.25) is 0 Å². The fraction of sp³-hybridized carbons (Fsp3) is 0.750. The Bertz CT molecular complexity index is 390. The minimum atomic E-state index is -0.138. The molecule has 0 bridgehead atoms. The van der Waals surface area contributed by atoms with Crippen LogP contribution in [0.25, 0.3) is 0 Å². The molecule has 0 aromatic carbocycles. The molecular formula is C12H21N3O2S. The molecular weight excluding hydrogens is 250 g/mol. The van der Waals surface area contributed by atoms with Crippen LogP contribution in [0.4, 0.5) is 0 Å². The highest BCUT2D eigenvalue weighted by atomic mass is 32.1. The predicted octanol–water partition coefficient (Wildman–Crippen LogP) is 1.80. The maximum Gasteiger partial charge on any atom is 0.265 e. The Morgan fingerprint density at radius 1 is 1.39 bits per heavy atom. The molecule has 1 heterocycles. The molecule has 1 amide bonds. The Morgan fingerprint density at radius 2 is 2.06 bits per heavy atom. The van der Waals surface area contributed by atoms with Crippen LogP contribution in [0, 0.1) is 5.92 Å². The van der Waals surface area contributed by atoms with Crippen LogP contribution in [-0.2, 0) is 0 Å². The summed E-state index contributed by atoms with van der Waals surface area (Å²) in [6, 6.07) is -0.0235. The number of carbonyl (C=O) groups is 1. The first-order valence-corrected chi connectivity index (χ1v) is 6.98. The van der Waals surface area contributed by atoms with Gasteiger partial charge < -0.3 is 10.4 Å². The Kier molecular flexibility index (Phi) is 5.68. The summed E-state index contributed by atoms with van der Waals surface area (Å²) in [6.45, 7) is 8.09. The number of hydrogen-bond acceptors (Lipinski definition) is 5. The van der Waals surface area contributed by atoms with E-state index >= 15 is 0 Å². The number of carbonyl (C=O) groups excluding carboxylic acids is 1. The van der Waals surface area contributed by atoms with E-state index in [9.17, 15) is 4.79 Å². The number of nitrogens with one attached hydrogen (secondary N) is 1. The van der Waals surface area contributed by atoms with Crippen LogP contribution in [0.2, 0.25) is 0 Å². The van der Waals surface area contributed by atoms with Crippen LogP contribution in [-0.4, -0.2) is 33.2 Å². The fourth-order valence-electron chi connectivity index (χ4n) is 1.68. The van der Waals surface area contributed by atoms with Gasteiger partial charge in [0.1, 0.15) is 4.88 Å². The van der Waals surface area contributed by atoms with Crippen molar-refractivity contribution in [1.82, 2.24) is 14.9 Å². The average Bonchev–Trinajstić information content (AvgIpc) is 2.77. The number of amides is 1. The van der Waals surface area contributed by atoms with Crippen molar-refractivity contribution in [3.8, 4) is 0 Å². The second-order valence-electron chi connectivity index (χ2n) is 4.98. The second kappa shape index (κ2) is 6.80. The molecule has 0 fully saturated rings. The molecule has 0 saturated carbocycles. The van der Waals surface area contributed by atoms with E-state index < -0.39 is 0 Å². The van der Waals surface area contributed by atoms with Crippen molar-refractivity contribution in [3.05, 3.63) is 10.6 Å². The molecule has 1 rings (SSSR count). The summed E-state index contributed by atoms with van der Waals surface area (Å²) < 4.78 is 3.84. The molecule has 0 saturated heterocycles. The van der Waals surface area contributed by atoms with E-state index in [1.165, 1.54) is 0 Å². The van der Waals surface area contributed by atoms with Gasteiger partial charge in [-0.25, -0.2) is 0 Å². The first-order valence-electron chi connectivity index (χ1n) is 6.21. The van der Waals surface area contributed by atoms with Crippen LogP contribution in [0.5, 0.6) is 0 Å². The molecule has 1 aromatic heterocycles. The minimum Gasteiger partial charge on any atom is -0.396 e. The van der Waals surface area contributed by atoms with E-state index in [1.54, 1.807) is 0 Å². The van der Waals surface area contributed by atoms with Gasteiger partial charge in [-0.1, -0.05) is 32.2 Å². The number of nitrogens with zero attached hydrogens (tertiary/aromatic N) is 2. The monoisotopic (exact) mass is 271 g/mol. The first kappa shape index (κ1) is 15.0. The van der Waals surface area contributed by atoms with Crippen molar-refractivity contribution in [3.63, 3.8) is 0 Å². The summed E-state index contributed by atoms with van der Waals surface area (Å²) in [7, 11) is 0. The molecule has 5 nitrogen and oxygen atoms in total. The third-order valence-electron chi connectivity index (χ3n) is 2.83. The second-order valence-corrected chi connectivity index (χ2v) is 5.73. The van der Waals surface area contributed by atoms with Gasteiger partial charge >= 0.3 is 0 Å². The Balaban J connectivity index is 2.77. The van der Waals surface area contributed by atoms with Crippen LogP contribution in [0.1, 0.15) is 55.4 Å². The third-order valence-corrected chi connectivity index (χ3v) is 3.57. The minimum absolute atomic E-state index is 0.0235. The number of aromatic nitrogens is 2. The fourth-order valence-corrected chi connectivity index (χ4v) is 2.40.